The standard InChI is InChI=1S/C17H18N2O4/c1-22-10-9-18-12-17(13-5-3-2-4-6-13)23-16-11-14(19(20)21)7-8-15(16)18/h2-8,11,17H,9-10,12H2,1H3. The van der Waals surface area contributed by atoms with Crippen LogP contribution in [0.3, 0.4) is 0 Å². The van der Waals surface area contributed by atoms with Gasteiger partial charge in [0.2, 0.25) is 0 Å². The predicted octanol–water partition coefficient (Wildman–Crippen LogP) is 3.18. The van der Waals surface area contributed by atoms with E-state index in [0.717, 1.165) is 11.3 Å². The van der Waals surface area contributed by atoms with E-state index in [1.807, 2.05) is 30.3 Å². The summed E-state index contributed by atoms with van der Waals surface area (Å²) in [7, 11) is 1.66. The molecule has 0 saturated heterocycles. The molecule has 3 rings (SSSR count). The summed E-state index contributed by atoms with van der Waals surface area (Å²) in [4.78, 5) is 12.7. The number of rotatable bonds is 5. The summed E-state index contributed by atoms with van der Waals surface area (Å²) in [6, 6.07) is 14.6. The molecule has 0 aliphatic carbocycles. The highest BCUT2D eigenvalue weighted by Gasteiger charge is 2.28. The summed E-state index contributed by atoms with van der Waals surface area (Å²) >= 11 is 0. The maximum atomic E-state index is 11.0. The molecule has 6 nitrogen and oxygen atoms in total. The predicted molar refractivity (Wildman–Crippen MR) is 87.0 cm³/mol. The van der Waals surface area contributed by atoms with Crippen LogP contribution < -0.4 is 9.64 Å². The minimum Gasteiger partial charge on any atom is -0.481 e. The van der Waals surface area contributed by atoms with Crippen LogP contribution in [0.25, 0.3) is 0 Å². The molecule has 1 atom stereocenters. The van der Waals surface area contributed by atoms with Gasteiger partial charge in [-0.05, 0) is 11.6 Å². The molecule has 2 aromatic carbocycles. The second-order valence-electron chi connectivity index (χ2n) is 5.37. The Morgan fingerprint density at radius 1 is 1.30 bits per heavy atom. The first-order valence-electron chi connectivity index (χ1n) is 7.43. The highest BCUT2D eigenvalue weighted by Crippen LogP contribution is 2.40. The third-order valence-corrected chi connectivity index (χ3v) is 3.89. The number of hydrogen-bond acceptors (Lipinski definition) is 5. The minimum absolute atomic E-state index is 0.0316. The molecule has 120 valence electrons. The fourth-order valence-electron chi connectivity index (χ4n) is 2.72. The second-order valence-corrected chi connectivity index (χ2v) is 5.37. The Hall–Kier alpha value is -2.60. The molecular formula is C17H18N2O4. The van der Waals surface area contributed by atoms with E-state index in [4.69, 9.17) is 9.47 Å². The monoisotopic (exact) mass is 314 g/mol. The van der Waals surface area contributed by atoms with Crippen LogP contribution in [0.4, 0.5) is 11.4 Å². The van der Waals surface area contributed by atoms with Gasteiger partial charge in [0, 0.05) is 19.7 Å². The molecule has 6 heteroatoms. The topological polar surface area (TPSA) is 64.8 Å². The van der Waals surface area contributed by atoms with Gasteiger partial charge in [-0.25, -0.2) is 0 Å². The lowest BCUT2D eigenvalue weighted by Crippen LogP contribution is -2.37. The third-order valence-electron chi connectivity index (χ3n) is 3.89. The van der Waals surface area contributed by atoms with Gasteiger partial charge in [-0.3, -0.25) is 10.1 Å². The Balaban J connectivity index is 1.95. The molecule has 0 saturated carbocycles. The average Bonchev–Trinajstić information content (AvgIpc) is 2.59. The summed E-state index contributed by atoms with van der Waals surface area (Å²) in [5.74, 6) is 0.537. The van der Waals surface area contributed by atoms with Gasteiger partial charge in [0.05, 0.1) is 29.8 Å². The smallest absolute Gasteiger partial charge is 0.273 e. The molecule has 2 aromatic rings. The fourth-order valence-corrected chi connectivity index (χ4v) is 2.72. The van der Waals surface area contributed by atoms with Gasteiger partial charge in [0.25, 0.3) is 5.69 Å². The van der Waals surface area contributed by atoms with Gasteiger partial charge in [0.1, 0.15) is 11.9 Å². The Labute approximate surface area is 134 Å². The van der Waals surface area contributed by atoms with Gasteiger partial charge in [-0.1, -0.05) is 30.3 Å². The van der Waals surface area contributed by atoms with E-state index in [1.54, 1.807) is 13.2 Å². The molecule has 1 aliphatic rings. The van der Waals surface area contributed by atoms with Crippen molar-refractivity contribution in [3.63, 3.8) is 0 Å². The Bertz CT molecular complexity index is 690. The van der Waals surface area contributed by atoms with Gasteiger partial charge in [-0.15, -0.1) is 0 Å². The third kappa shape index (κ3) is 3.27. The maximum Gasteiger partial charge on any atom is 0.273 e. The Kier molecular flexibility index (Phi) is 4.43. The summed E-state index contributed by atoms with van der Waals surface area (Å²) in [6.07, 6.45) is -0.164. The van der Waals surface area contributed by atoms with Crippen molar-refractivity contribution in [1.82, 2.24) is 0 Å². The van der Waals surface area contributed by atoms with Gasteiger partial charge >= 0.3 is 0 Å². The van der Waals surface area contributed by atoms with E-state index in [-0.39, 0.29) is 11.8 Å². The Morgan fingerprint density at radius 2 is 2.09 bits per heavy atom. The zero-order valence-electron chi connectivity index (χ0n) is 12.8. The highest BCUT2D eigenvalue weighted by molar-refractivity contribution is 5.64. The average molecular weight is 314 g/mol. The first kappa shape index (κ1) is 15.3. The number of nitrogens with zero attached hydrogens (tertiary/aromatic N) is 2. The quantitative estimate of drug-likeness (QED) is 0.626. The summed E-state index contributed by atoms with van der Waals surface area (Å²) in [6.45, 7) is 1.96. The second kappa shape index (κ2) is 6.66. The SMILES string of the molecule is COCCN1CC(c2ccccc2)Oc2cc([N+](=O)[O-])ccc21. The molecule has 0 aromatic heterocycles. The zero-order valence-corrected chi connectivity index (χ0v) is 12.8. The van der Waals surface area contributed by atoms with Gasteiger partial charge < -0.3 is 14.4 Å². The van der Waals surface area contributed by atoms with Crippen LogP contribution in [0.5, 0.6) is 5.75 Å². The van der Waals surface area contributed by atoms with E-state index in [0.29, 0.717) is 25.4 Å². The number of nitro benzene ring substituents is 1. The number of methoxy groups -OCH3 is 1. The first-order chi connectivity index (χ1) is 11.2. The number of ether oxygens (including phenoxy) is 2. The number of non-ortho nitro benzene ring substituents is 1. The van der Waals surface area contributed by atoms with E-state index in [9.17, 15) is 10.1 Å². The lowest BCUT2D eigenvalue weighted by Gasteiger charge is -2.36. The van der Waals surface area contributed by atoms with Crippen LogP contribution in [0.2, 0.25) is 0 Å². The van der Waals surface area contributed by atoms with E-state index >= 15 is 0 Å². The van der Waals surface area contributed by atoms with Crippen molar-refractivity contribution in [2.24, 2.45) is 0 Å². The molecule has 0 bridgehead atoms. The molecule has 0 amide bonds. The van der Waals surface area contributed by atoms with Crippen LogP contribution in [-0.2, 0) is 4.74 Å². The molecule has 0 N–H and O–H groups in total. The molecule has 1 heterocycles. The van der Waals surface area contributed by atoms with Crippen LogP contribution in [-0.4, -0.2) is 31.7 Å². The van der Waals surface area contributed by atoms with Gasteiger partial charge in [0.15, 0.2) is 0 Å². The van der Waals surface area contributed by atoms with Crippen LogP contribution >= 0.6 is 0 Å². The fraction of sp³-hybridized carbons (Fsp3) is 0.294. The lowest BCUT2D eigenvalue weighted by molar-refractivity contribution is -0.384. The number of anilines is 1. The molecule has 0 spiro atoms. The van der Waals surface area contributed by atoms with Crippen LogP contribution in [0.15, 0.2) is 48.5 Å². The van der Waals surface area contributed by atoms with Crippen molar-refractivity contribution in [3.05, 3.63) is 64.2 Å². The molecule has 0 fully saturated rings. The Morgan fingerprint density at radius 3 is 2.78 bits per heavy atom. The van der Waals surface area contributed by atoms with Crippen LogP contribution in [0, 0.1) is 10.1 Å². The van der Waals surface area contributed by atoms with Crippen molar-refractivity contribution in [2.75, 3.05) is 31.7 Å². The number of hydrogen-bond donors (Lipinski definition) is 0. The van der Waals surface area contributed by atoms with E-state index < -0.39 is 4.92 Å². The lowest BCUT2D eigenvalue weighted by atomic mass is 10.1. The largest absolute Gasteiger partial charge is 0.481 e. The number of benzene rings is 2. The van der Waals surface area contributed by atoms with Crippen molar-refractivity contribution in [1.29, 1.82) is 0 Å². The molecular weight excluding hydrogens is 296 g/mol. The maximum absolute atomic E-state index is 11.0. The van der Waals surface area contributed by atoms with Crippen molar-refractivity contribution in [2.45, 2.75) is 6.10 Å². The molecule has 23 heavy (non-hydrogen) atoms. The molecule has 1 aliphatic heterocycles. The number of nitro groups is 1. The highest BCUT2D eigenvalue weighted by atomic mass is 16.6. The van der Waals surface area contributed by atoms with E-state index in [1.165, 1.54) is 12.1 Å². The summed E-state index contributed by atoms with van der Waals surface area (Å²) in [5.41, 5.74) is 1.94. The first-order valence-corrected chi connectivity index (χ1v) is 7.43. The van der Waals surface area contributed by atoms with Crippen molar-refractivity contribution < 1.29 is 14.4 Å². The van der Waals surface area contributed by atoms with Gasteiger partial charge in [-0.2, -0.15) is 0 Å². The summed E-state index contributed by atoms with van der Waals surface area (Å²) < 4.78 is 11.2. The number of fused-ring (bicyclic) bond motifs is 1. The summed E-state index contributed by atoms with van der Waals surface area (Å²) in [5, 5.41) is 11.0. The zero-order chi connectivity index (χ0) is 16.2. The van der Waals surface area contributed by atoms with Crippen LogP contribution in [0.1, 0.15) is 11.7 Å². The van der Waals surface area contributed by atoms with E-state index in [2.05, 4.69) is 4.90 Å². The normalized spacial score (nSPS) is 16.6. The van der Waals surface area contributed by atoms with Crippen molar-refractivity contribution >= 4 is 11.4 Å². The molecule has 0 radical (unpaired) electrons. The van der Waals surface area contributed by atoms with Crippen molar-refractivity contribution in [3.8, 4) is 5.75 Å². The minimum atomic E-state index is -0.407. The molecule has 1 unspecified atom stereocenters.